The second-order valence-electron chi connectivity index (χ2n) is 4.72. The van der Waals surface area contributed by atoms with Crippen molar-refractivity contribution in [3.8, 4) is 0 Å². The van der Waals surface area contributed by atoms with Crippen LogP contribution in [0.2, 0.25) is 0 Å². The van der Waals surface area contributed by atoms with Crippen molar-refractivity contribution in [2.45, 2.75) is 31.8 Å². The van der Waals surface area contributed by atoms with Crippen LogP contribution < -0.4 is 5.32 Å². The third-order valence-electron chi connectivity index (χ3n) is 3.39. The van der Waals surface area contributed by atoms with Gasteiger partial charge < -0.3 is 10.4 Å². The second kappa shape index (κ2) is 5.82. The molecule has 0 heterocycles. The van der Waals surface area contributed by atoms with Crippen LogP contribution in [0.5, 0.6) is 0 Å². The van der Waals surface area contributed by atoms with Gasteiger partial charge in [0.2, 0.25) is 5.91 Å². The summed E-state index contributed by atoms with van der Waals surface area (Å²) in [5.74, 6) is 0.282. The highest BCUT2D eigenvalue weighted by Gasteiger charge is 2.25. The molecule has 0 radical (unpaired) electrons. The fraction of sp³-hybridized carbons (Fsp3) is 0.500. The van der Waals surface area contributed by atoms with Gasteiger partial charge in [0.15, 0.2) is 0 Å². The predicted molar refractivity (Wildman–Crippen MR) is 66.5 cm³/mol. The highest BCUT2D eigenvalue weighted by atomic mass is 16.3. The zero-order valence-electron chi connectivity index (χ0n) is 9.93. The van der Waals surface area contributed by atoms with Crippen LogP contribution >= 0.6 is 0 Å². The van der Waals surface area contributed by atoms with Gasteiger partial charge in [0.1, 0.15) is 0 Å². The minimum atomic E-state index is -0.230. The van der Waals surface area contributed by atoms with Crippen molar-refractivity contribution in [1.82, 2.24) is 5.32 Å². The minimum Gasteiger partial charge on any atom is -0.393 e. The fourth-order valence-electron chi connectivity index (χ4n) is 2.34. The lowest BCUT2D eigenvalue weighted by Gasteiger charge is -2.14. The van der Waals surface area contributed by atoms with Crippen LogP contribution in [0.3, 0.4) is 0 Å². The summed E-state index contributed by atoms with van der Waals surface area (Å²) in [6, 6.07) is 9.71. The molecule has 2 N–H and O–H groups in total. The topological polar surface area (TPSA) is 49.3 Å². The van der Waals surface area contributed by atoms with Gasteiger partial charge in [0, 0.05) is 12.5 Å². The maximum absolute atomic E-state index is 11.7. The average Bonchev–Trinajstić information content (AvgIpc) is 2.74. The first-order chi connectivity index (χ1) is 8.25. The highest BCUT2D eigenvalue weighted by molar-refractivity contribution is 5.78. The van der Waals surface area contributed by atoms with Crippen molar-refractivity contribution in [2.75, 3.05) is 6.54 Å². The molecule has 2 rings (SSSR count). The number of hydrogen-bond acceptors (Lipinski definition) is 2. The minimum absolute atomic E-state index is 0.0373. The number of carbonyl (C=O) groups is 1. The van der Waals surface area contributed by atoms with E-state index in [1.165, 1.54) is 0 Å². The van der Waals surface area contributed by atoms with Gasteiger partial charge in [-0.2, -0.15) is 0 Å². The monoisotopic (exact) mass is 233 g/mol. The van der Waals surface area contributed by atoms with Gasteiger partial charge in [-0.1, -0.05) is 36.8 Å². The Morgan fingerprint density at radius 3 is 2.71 bits per heavy atom. The zero-order valence-corrected chi connectivity index (χ0v) is 9.93. The highest BCUT2D eigenvalue weighted by Crippen LogP contribution is 2.24. The SMILES string of the molecule is O=C(Cc1ccccc1)NCC1CCCC1O. The molecule has 1 aromatic rings. The number of rotatable bonds is 4. The Kier molecular flexibility index (Phi) is 4.15. The summed E-state index contributed by atoms with van der Waals surface area (Å²) in [5.41, 5.74) is 1.02. The van der Waals surface area contributed by atoms with Crippen LogP contribution in [0, 0.1) is 5.92 Å². The predicted octanol–water partition coefficient (Wildman–Crippen LogP) is 1.51. The molecule has 92 valence electrons. The first-order valence-electron chi connectivity index (χ1n) is 6.24. The van der Waals surface area contributed by atoms with E-state index in [4.69, 9.17) is 0 Å². The van der Waals surface area contributed by atoms with E-state index in [2.05, 4.69) is 5.32 Å². The first kappa shape index (κ1) is 12.1. The van der Waals surface area contributed by atoms with Crippen LogP contribution in [0.25, 0.3) is 0 Å². The molecule has 0 saturated heterocycles. The molecular formula is C14H19NO2. The summed E-state index contributed by atoms with van der Waals surface area (Å²) >= 11 is 0. The van der Waals surface area contributed by atoms with E-state index in [1.807, 2.05) is 30.3 Å². The van der Waals surface area contributed by atoms with Crippen molar-refractivity contribution in [3.63, 3.8) is 0 Å². The van der Waals surface area contributed by atoms with E-state index < -0.39 is 0 Å². The normalized spacial score (nSPS) is 23.6. The van der Waals surface area contributed by atoms with E-state index in [-0.39, 0.29) is 17.9 Å². The quantitative estimate of drug-likeness (QED) is 0.828. The van der Waals surface area contributed by atoms with E-state index in [0.29, 0.717) is 13.0 Å². The van der Waals surface area contributed by atoms with Crippen LogP contribution in [-0.4, -0.2) is 23.7 Å². The molecule has 1 fully saturated rings. The smallest absolute Gasteiger partial charge is 0.224 e. The van der Waals surface area contributed by atoms with Gasteiger partial charge >= 0.3 is 0 Å². The largest absolute Gasteiger partial charge is 0.393 e. The van der Waals surface area contributed by atoms with Crippen molar-refractivity contribution in [3.05, 3.63) is 35.9 Å². The summed E-state index contributed by atoms with van der Waals surface area (Å²) in [6.45, 7) is 0.604. The molecule has 1 saturated carbocycles. The van der Waals surface area contributed by atoms with Gasteiger partial charge in [-0.3, -0.25) is 4.79 Å². The van der Waals surface area contributed by atoms with E-state index in [1.54, 1.807) is 0 Å². The van der Waals surface area contributed by atoms with Gasteiger partial charge in [-0.15, -0.1) is 0 Å². The number of hydrogen-bond donors (Lipinski definition) is 2. The number of benzene rings is 1. The lowest BCUT2D eigenvalue weighted by molar-refractivity contribution is -0.120. The molecule has 0 bridgehead atoms. The molecule has 1 aliphatic rings. The lowest BCUT2D eigenvalue weighted by atomic mass is 10.1. The summed E-state index contributed by atoms with van der Waals surface area (Å²) in [4.78, 5) is 11.7. The maximum atomic E-state index is 11.7. The molecule has 0 aromatic heterocycles. The molecule has 3 nitrogen and oxygen atoms in total. The third kappa shape index (κ3) is 3.56. The van der Waals surface area contributed by atoms with Crippen LogP contribution in [-0.2, 0) is 11.2 Å². The standard InChI is InChI=1S/C14H19NO2/c16-13-8-4-7-12(13)10-15-14(17)9-11-5-2-1-3-6-11/h1-3,5-6,12-13,16H,4,7-10H2,(H,15,17). The van der Waals surface area contributed by atoms with Gasteiger partial charge in [0.05, 0.1) is 12.5 Å². The fourth-order valence-corrected chi connectivity index (χ4v) is 2.34. The Labute approximate surface area is 102 Å². The molecule has 2 unspecified atom stereocenters. The van der Waals surface area contributed by atoms with Crippen LogP contribution in [0.4, 0.5) is 0 Å². The van der Waals surface area contributed by atoms with Gasteiger partial charge in [0.25, 0.3) is 0 Å². The third-order valence-corrected chi connectivity index (χ3v) is 3.39. The summed E-state index contributed by atoms with van der Waals surface area (Å²) < 4.78 is 0. The number of aliphatic hydroxyl groups excluding tert-OH is 1. The molecule has 3 heteroatoms. The Balaban J connectivity index is 1.74. The zero-order chi connectivity index (χ0) is 12.1. The Morgan fingerprint density at radius 1 is 1.29 bits per heavy atom. The van der Waals surface area contributed by atoms with Crippen LogP contribution in [0.15, 0.2) is 30.3 Å². The van der Waals surface area contributed by atoms with Crippen molar-refractivity contribution in [1.29, 1.82) is 0 Å². The Hall–Kier alpha value is -1.35. The van der Waals surface area contributed by atoms with Crippen molar-refractivity contribution < 1.29 is 9.90 Å². The molecule has 0 spiro atoms. The van der Waals surface area contributed by atoms with Gasteiger partial charge in [-0.05, 0) is 18.4 Å². The van der Waals surface area contributed by atoms with E-state index in [0.717, 1.165) is 24.8 Å². The number of nitrogens with one attached hydrogen (secondary N) is 1. The summed E-state index contributed by atoms with van der Waals surface area (Å²) in [7, 11) is 0. The molecule has 1 aromatic carbocycles. The molecule has 17 heavy (non-hydrogen) atoms. The molecule has 1 amide bonds. The van der Waals surface area contributed by atoms with Crippen LogP contribution in [0.1, 0.15) is 24.8 Å². The summed E-state index contributed by atoms with van der Waals surface area (Å²) in [5, 5.41) is 12.5. The number of carbonyl (C=O) groups excluding carboxylic acids is 1. The molecule has 0 aliphatic heterocycles. The molecular weight excluding hydrogens is 214 g/mol. The van der Waals surface area contributed by atoms with Crippen molar-refractivity contribution >= 4 is 5.91 Å². The molecule has 1 aliphatic carbocycles. The van der Waals surface area contributed by atoms with Gasteiger partial charge in [-0.25, -0.2) is 0 Å². The number of amides is 1. The van der Waals surface area contributed by atoms with E-state index in [9.17, 15) is 9.90 Å². The summed E-state index contributed by atoms with van der Waals surface area (Å²) in [6.07, 6.45) is 3.16. The number of aliphatic hydroxyl groups is 1. The first-order valence-corrected chi connectivity index (χ1v) is 6.24. The second-order valence-corrected chi connectivity index (χ2v) is 4.72. The molecule has 2 atom stereocenters. The van der Waals surface area contributed by atoms with E-state index >= 15 is 0 Å². The Morgan fingerprint density at radius 2 is 2.06 bits per heavy atom. The lowest BCUT2D eigenvalue weighted by Crippen LogP contribution is -2.33. The average molecular weight is 233 g/mol. The van der Waals surface area contributed by atoms with Crippen molar-refractivity contribution in [2.24, 2.45) is 5.92 Å². The Bertz CT molecular complexity index is 364. The maximum Gasteiger partial charge on any atom is 0.224 e.